The number of nitrogens with one attached hydrogen (secondary N) is 1. The number of allylic oxidation sites excluding steroid dienone is 3. The lowest BCUT2D eigenvalue weighted by Gasteiger charge is -2.38. The van der Waals surface area contributed by atoms with Crippen LogP contribution in [0.25, 0.3) is 0 Å². The van der Waals surface area contributed by atoms with E-state index in [2.05, 4.69) is 25.2 Å². The fraction of sp³-hybridized carbons (Fsp3) is 0.474. The van der Waals surface area contributed by atoms with Gasteiger partial charge >= 0.3 is 0 Å². The summed E-state index contributed by atoms with van der Waals surface area (Å²) in [5.74, 6) is -0.159. The fourth-order valence-electron chi connectivity index (χ4n) is 3.59. The monoisotopic (exact) mass is 357 g/mol. The second-order valence-electron chi connectivity index (χ2n) is 7.25. The molecular formula is C19H23N3O2S. The summed E-state index contributed by atoms with van der Waals surface area (Å²) in [7, 11) is 0. The van der Waals surface area contributed by atoms with Gasteiger partial charge < -0.3 is 15.8 Å². The second-order valence-corrected chi connectivity index (χ2v) is 8.23. The van der Waals surface area contributed by atoms with Crippen molar-refractivity contribution >= 4 is 17.1 Å². The Kier molecular flexibility index (Phi) is 5.09. The molecule has 3 rings (SSSR count). The number of ketones is 1. The summed E-state index contributed by atoms with van der Waals surface area (Å²) in [6, 6.07) is 6.27. The molecule has 1 aromatic heterocycles. The predicted octanol–water partition coefficient (Wildman–Crippen LogP) is 2.83. The van der Waals surface area contributed by atoms with E-state index >= 15 is 0 Å². The van der Waals surface area contributed by atoms with Gasteiger partial charge in [0, 0.05) is 29.1 Å². The van der Waals surface area contributed by atoms with Crippen molar-refractivity contribution in [2.45, 2.75) is 32.6 Å². The minimum atomic E-state index is -0.290. The zero-order valence-electron chi connectivity index (χ0n) is 14.6. The average molecular weight is 357 g/mol. The molecule has 25 heavy (non-hydrogen) atoms. The number of thiophene rings is 1. The Morgan fingerprint density at radius 3 is 2.92 bits per heavy atom. The number of rotatable bonds is 5. The van der Waals surface area contributed by atoms with Crippen LogP contribution in [0.5, 0.6) is 0 Å². The highest BCUT2D eigenvalue weighted by molar-refractivity contribution is 7.10. The number of ether oxygens (including phenoxy) is 1. The van der Waals surface area contributed by atoms with E-state index in [0.717, 1.165) is 28.3 Å². The maximum Gasteiger partial charge on any atom is 0.162 e. The molecule has 3 N–H and O–H groups in total. The van der Waals surface area contributed by atoms with Crippen molar-refractivity contribution in [2.75, 3.05) is 19.8 Å². The van der Waals surface area contributed by atoms with E-state index in [9.17, 15) is 10.1 Å². The van der Waals surface area contributed by atoms with Crippen LogP contribution < -0.4 is 11.1 Å². The van der Waals surface area contributed by atoms with Gasteiger partial charge in [0.2, 0.25) is 0 Å². The molecule has 0 spiro atoms. The highest BCUT2D eigenvalue weighted by Gasteiger charge is 2.42. The molecule has 2 aliphatic rings. The van der Waals surface area contributed by atoms with E-state index in [4.69, 9.17) is 10.5 Å². The van der Waals surface area contributed by atoms with Gasteiger partial charge in [-0.25, -0.2) is 0 Å². The molecule has 2 heterocycles. The van der Waals surface area contributed by atoms with Gasteiger partial charge in [-0.2, -0.15) is 5.26 Å². The fourth-order valence-corrected chi connectivity index (χ4v) is 4.44. The molecule has 1 unspecified atom stereocenters. The van der Waals surface area contributed by atoms with Gasteiger partial charge in [-0.3, -0.25) is 4.79 Å². The summed E-state index contributed by atoms with van der Waals surface area (Å²) < 4.78 is 5.58. The maximum absolute atomic E-state index is 12.9. The van der Waals surface area contributed by atoms with E-state index in [1.807, 2.05) is 17.5 Å². The lowest BCUT2D eigenvalue weighted by molar-refractivity contribution is -0.118. The molecule has 132 valence electrons. The third kappa shape index (κ3) is 3.54. The SMILES string of the molecule is CC1(C)CC(=O)C2=C(C1)NC(COCCN)=C(C#N)C2c1cccs1. The molecule has 0 bridgehead atoms. The lowest BCUT2D eigenvalue weighted by atomic mass is 9.70. The van der Waals surface area contributed by atoms with Gasteiger partial charge in [0.15, 0.2) is 5.78 Å². The third-order valence-electron chi connectivity index (χ3n) is 4.58. The number of hydrogen-bond donors (Lipinski definition) is 2. The van der Waals surface area contributed by atoms with E-state index in [-0.39, 0.29) is 17.1 Å². The summed E-state index contributed by atoms with van der Waals surface area (Å²) in [5.41, 5.74) is 8.42. The molecule has 1 aliphatic carbocycles. The Balaban J connectivity index is 2.06. The first-order chi connectivity index (χ1) is 12.0. The molecule has 0 saturated carbocycles. The van der Waals surface area contributed by atoms with Crippen molar-refractivity contribution in [1.29, 1.82) is 5.26 Å². The van der Waals surface area contributed by atoms with Crippen LogP contribution >= 0.6 is 11.3 Å². The first kappa shape index (κ1) is 17.9. The van der Waals surface area contributed by atoms with Gasteiger partial charge in [-0.15, -0.1) is 11.3 Å². The first-order valence-electron chi connectivity index (χ1n) is 8.44. The molecule has 5 nitrogen and oxygen atoms in total. The second kappa shape index (κ2) is 7.12. The number of Topliss-reactive ketones (excluding diaryl/α,β-unsaturated/α-hetero) is 1. The number of nitrogens with two attached hydrogens (primary N) is 1. The van der Waals surface area contributed by atoms with Crippen LogP contribution in [-0.4, -0.2) is 25.5 Å². The topological polar surface area (TPSA) is 88.1 Å². The zero-order chi connectivity index (χ0) is 18.0. The minimum Gasteiger partial charge on any atom is -0.374 e. The van der Waals surface area contributed by atoms with Gasteiger partial charge in [-0.1, -0.05) is 19.9 Å². The first-order valence-corrected chi connectivity index (χ1v) is 9.32. The highest BCUT2D eigenvalue weighted by Crippen LogP contribution is 2.47. The Morgan fingerprint density at radius 2 is 2.28 bits per heavy atom. The van der Waals surface area contributed by atoms with E-state index in [0.29, 0.717) is 31.8 Å². The number of carbonyl (C=O) groups excluding carboxylic acids is 1. The number of nitrogens with zero attached hydrogens (tertiary/aromatic N) is 1. The smallest absolute Gasteiger partial charge is 0.162 e. The average Bonchev–Trinajstić information content (AvgIpc) is 3.06. The molecule has 1 atom stereocenters. The van der Waals surface area contributed by atoms with E-state index in [1.165, 1.54) is 0 Å². The van der Waals surface area contributed by atoms with Crippen LogP contribution in [0, 0.1) is 16.7 Å². The molecule has 0 aromatic carbocycles. The Morgan fingerprint density at radius 1 is 1.48 bits per heavy atom. The standard InChI is InChI=1S/C19H23N3O2S/c1-19(2)8-13-18(15(23)9-19)17(16-4-3-7-25-16)12(10-21)14(22-13)11-24-6-5-20/h3-4,7,17,22H,5-6,8-9,11,20H2,1-2H3. The molecular weight excluding hydrogens is 334 g/mol. The number of carbonyl (C=O) groups is 1. The molecule has 0 radical (unpaired) electrons. The maximum atomic E-state index is 12.9. The van der Waals surface area contributed by atoms with Crippen LogP contribution in [0.2, 0.25) is 0 Å². The number of hydrogen-bond acceptors (Lipinski definition) is 6. The van der Waals surface area contributed by atoms with Crippen molar-refractivity contribution in [3.8, 4) is 6.07 Å². The van der Waals surface area contributed by atoms with Crippen LogP contribution in [0.15, 0.2) is 40.1 Å². The molecule has 1 aromatic rings. The number of dihydropyridines is 1. The van der Waals surface area contributed by atoms with Crippen molar-refractivity contribution in [1.82, 2.24) is 5.32 Å². The zero-order valence-corrected chi connectivity index (χ0v) is 15.4. The van der Waals surface area contributed by atoms with E-state index < -0.39 is 0 Å². The summed E-state index contributed by atoms with van der Waals surface area (Å²) in [6.07, 6.45) is 1.29. The van der Waals surface area contributed by atoms with Crippen molar-refractivity contribution in [3.05, 3.63) is 44.9 Å². The summed E-state index contributed by atoms with van der Waals surface area (Å²) in [5, 5.41) is 15.1. The highest BCUT2D eigenvalue weighted by atomic mass is 32.1. The van der Waals surface area contributed by atoms with Gasteiger partial charge in [-0.05, 0) is 23.3 Å². The third-order valence-corrected chi connectivity index (χ3v) is 5.52. The van der Waals surface area contributed by atoms with Crippen LogP contribution in [-0.2, 0) is 9.53 Å². The summed E-state index contributed by atoms with van der Waals surface area (Å²) >= 11 is 1.58. The summed E-state index contributed by atoms with van der Waals surface area (Å²) in [6.45, 7) is 5.37. The van der Waals surface area contributed by atoms with Crippen LogP contribution in [0.4, 0.5) is 0 Å². The van der Waals surface area contributed by atoms with Crippen molar-refractivity contribution in [2.24, 2.45) is 11.1 Å². The van der Waals surface area contributed by atoms with Crippen LogP contribution in [0.3, 0.4) is 0 Å². The Labute approximate surface area is 152 Å². The van der Waals surface area contributed by atoms with Gasteiger partial charge in [0.1, 0.15) is 0 Å². The van der Waals surface area contributed by atoms with Gasteiger partial charge in [0.25, 0.3) is 0 Å². The van der Waals surface area contributed by atoms with Gasteiger partial charge in [0.05, 0.1) is 36.5 Å². The molecule has 0 amide bonds. The minimum absolute atomic E-state index is 0.0870. The van der Waals surface area contributed by atoms with Crippen LogP contribution in [0.1, 0.15) is 37.5 Å². The predicted molar refractivity (Wildman–Crippen MR) is 97.8 cm³/mol. The summed E-state index contributed by atoms with van der Waals surface area (Å²) in [4.78, 5) is 13.9. The molecule has 0 fully saturated rings. The molecule has 1 aliphatic heterocycles. The van der Waals surface area contributed by atoms with Crippen molar-refractivity contribution in [3.63, 3.8) is 0 Å². The van der Waals surface area contributed by atoms with E-state index in [1.54, 1.807) is 11.3 Å². The van der Waals surface area contributed by atoms with Crippen molar-refractivity contribution < 1.29 is 9.53 Å². The molecule has 0 saturated heterocycles. The quantitative estimate of drug-likeness (QED) is 0.791. The lowest BCUT2D eigenvalue weighted by Crippen LogP contribution is -2.38. The Bertz CT molecular complexity index is 769. The number of nitriles is 1. The molecule has 6 heteroatoms. The normalized spacial score (nSPS) is 22.5. The largest absolute Gasteiger partial charge is 0.374 e. The Hall–Kier alpha value is -1.94.